The number of nitrogens with zero attached hydrogens (tertiary/aromatic N) is 3. The summed E-state index contributed by atoms with van der Waals surface area (Å²) in [5, 5.41) is 0.490. The summed E-state index contributed by atoms with van der Waals surface area (Å²) >= 11 is 0. The monoisotopic (exact) mass is 401 g/mol. The summed E-state index contributed by atoms with van der Waals surface area (Å²) in [6.07, 6.45) is 0.516. The van der Waals surface area contributed by atoms with E-state index >= 15 is 0 Å². The zero-order chi connectivity index (χ0) is 18.8. The maximum atomic E-state index is 12.2. The van der Waals surface area contributed by atoms with Crippen molar-refractivity contribution in [2.45, 2.75) is 38.8 Å². The molecule has 2 atom stereocenters. The van der Waals surface area contributed by atoms with E-state index in [0.717, 1.165) is 4.90 Å². The van der Waals surface area contributed by atoms with Gasteiger partial charge in [-0.15, -0.1) is 0 Å². The summed E-state index contributed by atoms with van der Waals surface area (Å²) in [4.78, 5) is 38.8. The Morgan fingerprint density at radius 2 is 1.88 bits per heavy atom. The first-order chi connectivity index (χ1) is 11.7. The number of fused-ring (bicyclic) bond motifs is 2. The number of hydrazine groups is 1. The Hall–Kier alpha value is -1.12. The molecule has 26 heavy (non-hydrogen) atoms. The van der Waals surface area contributed by atoms with Crippen molar-refractivity contribution in [2.75, 3.05) is 19.6 Å². The summed E-state index contributed by atoms with van der Waals surface area (Å²) in [7, 11) is -5.09. The molecule has 2 rings (SSSR count). The SMILES string of the molecule is CCN(CC)C(=O)NNC(=O)[C@@H]1CC[C@@H]2CN1C(=O)N2OS(=O)(=O)[O-].[Na+]. The number of carbonyl (C=O) groups is 3. The summed E-state index contributed by atoms with van der Waals surface area (Å²) in [6, 6.07) is -2.88. The van der Waals surface area contributed by atoms with Gasteiger partial charge in [-0.05, 0) is 26.7 Å². The molecule has 142 valence electrons. The predicted molar refractivity (Wildman–Crippen MR) is 81.1 cm³/mol. The van der Waals surface area contributed by atoms with Crippen LogP contribution in [0.2, 0.25) is 0 Å². The minimum atomic E-state index is -5.09. The zero-order valence-electron chi connectivity index (χ0n) is 14.8. The molecule has 2 aliphatic rings. The first kappa shape index (κ1) is 22.9. The van der Waals surface area contributed by atoms with Gasteiger partial charge in [-0.3, -0.25) is 10.2 Å². The van der Waals surface area contributed by atoms with Crippen LogP contribution in [0.1, 0.15) is 26.7 Å². The standard InChI is InChI=1S/C12H21N5O7S.Na/c1-3-15(4-2)11(19)14-13-10(18)9-6-5-8-7-16(9)12(20)17(8)24-25(21,22)23;/h8-9H,3-7H2,1-2H3,(H,13,18)(H,14,19)(H,21,22,23);/q;+1/p-1/t8-,9+;/m1./s1. The van der Waals surface area contributed by atoms with Crippen LogP contribution in [0.25, 0.3) is 0 Å². The van der Waals surface area contributed by atoms with Crippen LogP contribution in [0.4, 0.5) is 9.59 Å². The van der Waals surface area contributed by atoms with Gasteiger partial charge < -0.3 is 14.4 Å². The molecule has 12 nitrogen and oxygen atoms in total. The van der Waals surface area contributed by atoms with Crippen LogP contribution in [0.15, 0.2) is 0 Å². The molecule has 2 saturated heterocycles. The number of hydrogen-bond acceptors (Lipinski definition) is 7. The summed E-state index contributed by atoms with van der Waals surface area (Å²) in [6.45, 7) is 4.55. The van der Waals surface area contributed by atoms with Crippen molar-refractivity contribution < 1.29 is 61.2 Å². The van der Waals surface area contributed by atoms with E-state index in [2.05, 4.69) is 15.1 Å². The second kappa shape index (κ2) is 9.19. The number of urea groups is 2. The van der Waals surface area contributed by atoms with Crippen molar-refractivity contribution >= 4 is 28.4 Å². The van der Waals surface area contributed by atoms with Crippen molar-refractivity contribution in [3.63, 3.8) is 0 Å². The van der Waals surface area contributed by atoms with Gasteiger partial charge in [0.05, 0.1) is 6.04 Å². The molecule has 0 spiro atoms. The van der Waals surface area contributed by atoms with Crippen molar-refractivity contribution in [3.05, 3.63) is 0 Å². The molecular weight excluding hydrogens is 381 g/mol. The molecule has 0 saturated carbocycles. The van der Waals surface area contributed by atoms with E-state index in [1.807, 2.05) is 0 Å². The van der Waals surface area contributed by atoms with Crippen molar-refractivity contribution in [3.8, 4) is 0 Å². The first-order valence-corrected chi connectivity index (χ1v) is 9.11. The minimum Gasteiger partial charge on any atom is -0.724 e. The molecule has 0 aliphatic carbocycles. The minimum absolute atomic E-state index is 0. The third kappa shape index (κ3) is 5.20. The molecule has 2 bridgehead atoms. The predicted octanol–water partition coefficient (Wildman–Crippen LogP) is -4.27. The van der Waals surface area contributed by atoms with Gasteiger partial charge in [0.1, 0.15) is 6.04 Å². The molecule has 14 heteroatoms. The van der Waals surface area contributed by atoms with Gasteiger partial charge in [-0.25, -0.2) is 23.4 Å². The van der Waals surface area contributed by atoms with Crippen LogP contribution in [-0.4, -0.2) is 77.5 Å². The zero-order valence-corrected chi connectivity index (χ0v) is 17.6. The van der Waals surface area contributed by atoms with E-state index in [-0.39, 0.29) is 48.9 Å². The van der Waals surface area contributed by atoms with Gasteiger partial charge in [0.2, 0.25) is 10.4 Å². The molecule has 0 unspecified atom stereocenters. The van der Waals surface area contributed by atoms with Crippen LogP contribution in [0.5, 0.6) is 0 Å². The number of carbonyl (C=O) groups excluding carboxylic acids is 3. The Kier molecular flexibility index (Phi) is 8.10. The van der Waals surface area contributed by atoms with Gasteiger partial charge in [-0.2, -0.15) is 9.35 Å². The van der Waals surface area contributed by atoms with Crippen LogP contribution >= 0.6 is 0 Å². The third-order valence-electron chi connectivity index (χ3n) is 4.14. The second-order valence-electron chi connectivity index (χ2n) is 5.58. The average molecular weight is 401 g/mol. The summed E-state index contributed by atoms with van der Waals surface area (Å²) < 4.78 is 36.3. The smallest absolute Gasteiger partial charge is 0.724 e. The van der Waals surface area contributed by atoms with Crippen molar-refractivity contribution in [1.82, 2.24) is 25.7 Å². The quantitative estimate of drug-likeness (QED) is 0.205. The summed E-state index contributed by atoms with van der Waals surface area (Å²) in [5.74, 6) is -0.612. The summed E-state index contributed by atoms with van der Waals surface area (Å²) in [5.41, 5.74) is 4.52. The number of amides is 5. The Labute approximate surface area is 173 Å². The van der Waals surface area contributed by atoms with Crippen molar-refractivity contribution in [2.24, 2.45) is 0 Å². The molecule has 2 heterocycles. The number of piperidine rings is 1. The Morgan fingerprint density at radius 3 is 2.42 bits per heavy atom. The third-order valence-corrected chi connectivity index (χ3v) is 4.48. The first-order valence-electron chi connectivity index (χ1n) is 7.78. The van der Waals surface area contributed by atoms with E-state index in [9.17, 15) is 27.4 Å². The number of hydroxylamine groups is 2. The van der Waals surface area contributed by atoms with Gasteiger partial charge >= 0.3 is 41.6 Å². The molecule has 0 aromatic rings. The average Bonchev–Trinajstić information content (AvgIpc) is 2.77. The van der Waals surface area contributed by atoms with Gasteiger partial charge in [0.15, 0.2) is 0 Å². The number of nitrogens with one attached hydrogen (secondary N) is 2. The van der Waals surface area contributed by atoms with Gasteiger partial charge in [0.25, 0.3) is 5.91 Å². The fraction of sp³-hybridized carbons (Fsp3) is 0.750. The Bertz CT molecular complexity index is 656. The van der Waals surface area contributed by atoms with E-state index in [4.69, 9.17) is 0 Å². The maximum Gasteiger partial charge on any atom is 1.00 e. The second-order valence-corrected chi connectivity index (χ2v) is 6.55. The van der Waals surface area contributed by atoms with Crippen LogP contribution in [0.3, 0.4) is 0 Å². The largest absolute Gasteiger partial charge is 1.00 e. The molecule has 0 aromatic heterocycles. The van der Waals surface area contributed by atoms with Crippen LogP contribution in [0, 0.1) is 0 Å². The molecule has 5 amide bonds. The number of hydrogen-bond donors (Lipinski definition) is 2. The normalized spacial score (nSPS) is 21.9. The molecule has 0 aromatic carbocycles. The topological polar surface area (TPSA) is 151 Å². The van der Waals surface area contributed by atoms with E-state index in [1.54, 1.807) is 13.8 Å². The molecule has 2 aliphatic heterocycles. The van der Waals surface area contributed by atoms with Gasteiger partial charge in [0, 0.05) is 19.6 Å². The van der Waals surface area contributed by atoms with E-state index < -0.39 is 40.5 Å². The molecule has 2 N–H and O–H groups in total. The van der Waals surface area contributed by atoms with Gasteiger partial charge in [-0.1, -0.05) is 0 Å². The van der Waals surface area contributed by atoms with Crippen LogP contribution < -0.4 is 40.4 Å². The molecular formula is C12H20N5NaO7S. The fourth-order valence-corrected chi connectivity index (χ4v) is 3.27. The molecule has 2 fully saturated rings. The molecule has 0 radical (unpaired) electrons. The number of rotatable bonds is 5. The maximum absolute atomic E-state index is 12.2. The van der Waals surface area contributed by atoms with Crippen molar-refractivity contribution in [1.29, 1.82) is 0 Å². The fourth-order valence-electron chi connectivity index (χ4n) is 2.89. The Morgan fingerprint density at radius 1 is 1.27 bits per heavy atom. The van der Waals surface area contributed by atoms with E-state index in [1.165, 1.54) is 4.90 Å². The Balaban J connectivity index is 0.00000338. The van der Waals surface area contributed by atoms with Crippen LogP contribution in [-0.2, 0) is 19.5 Å². The van der Waals surface area contributed by atoms with E-state index in [0.29, 0.717) is 18.2 Å².